The molecule has 2 heterocycles. The molecule has 0 saturated carbocycles. The van der Waals surface area contributed by atoms with Crippen molar-refractivity contribution in [3.05, 3.63) is 0 Å². The van der Waals surface area contributed by atoms with Crippen molar-refractivity contribution < 1.29 is 4.74 Å². The molecule has 106 valence electrons. The van der Waals surface area contributed by atoms with Gasteiger partial charge >= 0.3 is 0 Å². The van der Waals surface area contributed by atoms with Crippen molar-refractivity contribution in [2.24, 2.45) is 5.92 Å². The zero-order valence-electron chi connectivity index (χ0n) is 12.5. The van der Waals surface area contributed by atoms with Gasteiger partial charge in [0.2, 0.25) is 0 Å². The molecule has 2 saturated heterocycles. The molecule has 2 aliphatic rings. The van der Waals surface area contributed by atoms with Crippen LogP contribution in [0.15, 0.2) is 0 Å². The molecule has 2 aliphatic heterocycles. The molecule has 2 fully saturated rings. The molecule has 0 radical (unpaired) electrons. The van der Waals surface area contributed by atoms with Gasteiger partial charge in [-0.3, -0.25) is 0 Å². The van der Waals surface area contributed by atoms with Crippen LogP contribution in [-0.2, 0) is 4.74 Å². The molecule has 3 heteroatoms. The van der Waals surface area contributed by atoms with Gasteiger partial charge < -0.3 is 15.0 Å². The topological polar surface area (TPSA) is 24.5 Å². The van der Waals surface area contributed by atoms with Crippen LogP contribution in [0.4, 0.5) is 0 Å². The van der Waals surface area contributed by atoms with Gasteiger partial charge in [0, 0.05) is 18.6 Å². The van der Waals surface area contributed by atoms with Crippen molar-refractivity contribution in [2.75, 3.05) is 19.6 Å². The minimum atomic E-state index is 0.419. The number of nitrogens with one attached hydrogen (secondary N) is 1. The number of hydrogen-bond acceptors (Lipinski definition) is 3. The van der Waals surface area contributed by atoms with E-state index in [0.29, 0.717) is 24.3 Å². The Bertz CT molecular complexity index is 247. The van der Waals surface area contributed by atoms with Crippen molar-refractivity contribution in [1.29, 1.82) is 0 Å². The second-order valence-electron chi connectivity index (χ2n) is 6.58. The number of ether oxygens (including phenoxy) is 1. The van der Waals surface area contributed by atoms with Crippen LogP contribution in [0.3, 0.4) is 0 Å². The van der Waals surface area contributed by atoms with E-state index < -0.39 is 0 Å². The summed E-state index contributed by atoms with van der Waals surface area (Å²) in [6.45, 7) is 12.7. The monoisotopic (exact) mass is 254 g/mol. The molecule has 3 unspecified atom stereocenters. The summed E-state index contributed by atoms with van der Waals surface area (Å²) >= 11 is 0. The predicted molar refractivity (Wildman–Crippen MR) is 75.8 cm³/mol. The lowest BCUT2D eigenvalue weighted by Crippen LogP contribution is -2.43. The molecule has 0 aliphatic carbocycles. The van der Waals surface area contributed by atoms with E-state index in [-0.39, 0.29) is 0 Å². The summed E-state index contributed by atoms with van der Waals surface area (Å²) in [5.41, 5.74) is 0. The first-order valence-corrected chi connectivity index (χ1v) is 7.67. The number of likely N-dealkylation sites (tertiary alicyclic amines) is 1. The normalized spacial score (nSPS) is 38.5. The van der Waals surface area contributed by atoms with Gasteiger partial charge in [-0.25, -0.2) is 0 Å². The van der Waals surface area contributed by atoms with E-state index in [0.717, 1.165) is 5.92 Å². The molecule has 0 bridgehead atoms. The standard InChI is InChI=1S/C15H30N2O/c1-11(2)17-6-5-14(10-17)9-16-15-7-12(3)18-13(4)8-15/h11-16H,5-10H2,1-4H3. The summed E-state index contributed by atoms with van der Waals surface area (Å²) in [4.78, 5) is 2.60. The smallest absolute Gasteiger partial charge is 0.0565 e. The van der Waals surface area contributed by atoms with E-state index in [1.807, 2.05) is 0 Å². The van der Waals surface area contributed by atoms with Crippen molar-refractivity contribution in [1.82, 2.24) is 10.2 Å². The maximum Gasteiger partial charge on any atom is 0.0565 e. The second kappa shape index (κ2) is 6.36. The van der Waals surface area contributed by atoms with E-state index >= 15 is 0 Å². The lowest BCUT2D eigenvalue weighted by atomic mass is 9.99. The molecule has 1 N–H and O–H groups in total. The van der Waals surface area contributed by atoms with Crippen LogP contribution in [0.2, 0.25) is 0 Å². The van der Waals surface area contributed by atoms with Gasteiger partial charge in [-0.2, -0.15) is 0 Å². The van der Waals surface area contributed by atoms with E-state index in [4.69, 9.17) is 4.74 Å². The highest BCUT2D eigenvalue weighted by molar-refractivity contribution is 4.83. The Kier molecular flexibility index (Phi) is 5.05. The lowest BCUT2D eigenvalue weighted by Gasteiger charge is -2.33. The maximum absolute atomic E-state index is 5.79. The fourth-order valence-electron chi connectivity index (χ4n) is 3.40. The zero-order valence-corrected chi connectivity index (χ0v) is 12.5. The molecule has 0 aromatic heterocycles. The van der Waals surface area contributed by atoms with Crippen LogP contribution in [-0.4, -0.2) is 48.8 Å². The molecule has 3 nitrogen and oxygen atoms in total. The first-order valence-electron chi connectivity index (χ1n) is 7.67. The Labute approximate surface area is 112 Å². The minimum absolute atomic E-state index is 0.419. The SMILES string of the molecule is CC1CC(NCC2CCN(C(C)C)C2)CC(C)O1. The third-order valence-corrected chi connectivity index (χ3v) is 4.44. The summed E-state index contributed by atoms with van der Waals surface area (Å²) in [6.07, 6.45) is 4.54. The van der Waals surface area contributed by atoms with Gasteiger partial charge in [-0.1, -0.05) is 0 Å². The highest BCUT2D eigenvalue weighted by atomic mass is 16.5. The summed E-state index contributed by atoms with van der Waals surface area (Å²) in [5.74, 6) is 0.848. The van der Waals surface area contributed by atoms with Gasteiger partial charge in [0.1, 0.15) is 0 Å². The van der Waals surface area contributed by atoms with E-state index in [1.54, 1.807) is 0 Å². The van der Waals surface area contributed by atoms with E-state index in [9.17, 15) is 0 Å². The number of hydrogen-bond donors (Lipinski definition) is 1. The fraction of sp³-hybridized carbons (Fsp3) is 1.00. The Hall–Kier alpha value is -0.120. The Morgan fingerprint density at radius 1 is 1.22 bits per heavy atom. The zero-order chi connectivity index (χ0) is 13.1. The summed E-state index contributed by atoms with van der Waals surface area (Å²) in [6, 6.07) is 1.37. The van der Waals surface area contributed by atoms with Crippen LogP contribution in [0.5, 0.6) is 0 Å². The maximum atomic E-state index is 5.79. The van der Waals surface area contributed by atoms with Crippen molar-refractivity contribution >= 4 is 0 Å². The van der Waals surface area contributed by atoms with Gasteiger partial charge in [0.05, 0.1) is 12.2 Å². The predicted octanol–water partition coefficient (Wildman–Crippen LogP) is 2.26. The molecule has 2 rings (SSSR count). The Morgan fingerprint density at radius 3 is 2.44 bits per heavy atom. The summed E-state index contributed by atoms with van der Waals surface area (Å²) < 4.78 is 5.79. The van der Waals surface area contributed by atoms with Crippen LogP contribution in [0.1, 0.15) is 47.0 Å². The number of rotatable bonds is 4. The molecule has 0 amide bonds. The van der Waals surface area contributed by atoms with E-state index in [2.05, 4.69) is 37.9 Å². The third-order valence-electron chi connectivity index (χ3n) is 4.44. The average Bonchev–Trinajstić information content (AvgIpc) is 2.73. The molecular weight excluding hydrogens is 224 g/mol. The fourth-order valence-corrected chi connectivity index (χ4v) is 3.40. The Morgan fingerprint density at radius 2 is 1.89 bits per heavy atom. The van der Waals surface area contributed by atoms with Crippen LogP contribution >= 0.6 is 0 Å². The number of nitrogens with zero attached hydrogens (tertiary/aromatic N) is 1. The van der Waals surface area contributed by atoms with Gasteiger partial charge in [0.25, 0.3) is 0 Å². The van der Waals surface area contributed by atoms with Crippen LogP contribution in [0, 0.1) is 5.92 Å². The first-order chi connectivity index (χ1) is 8.54. The van der Waals surface area contributed by atoms with Gasteiger partial charge in [-0.05, 0) is 66.0 Å². The Balaban J connectivity index is 1.69. The third kappa shape index (κ3) is 3.94. The minimum Gasteiger partial charge on any atom is -0.375 e. The van der Waals surface area contributed by atoms with Gasteiger partial charge in [0.15, 0.2) is 0 Å². The summed E-state index contributed by atoms with van der Waals surface area (Å²) in [7, 11) is 0. The second-order valence-corrected chi connectivity index (χ2v) is 6.58. The lowest BCUT2D eigenvalue weighted by molar-refractivity contribution is -0.0424. The van der Waals surface area contributed by atoms with Crippen LogP contribution < -0.4 is 5.32 Å². The molecule has 0 aromatic rings. The quantitative estimate of drug-likeness (QED) is 0.833. The first kappa shape index (κ1) is 14.3. The average molecular weight is 254 g/mol. The molecule has 0 aromatic carbocycles. The molecule has 3 atom stereocenters. The largest absolute Gasteiger partial charge is 0.375 e. The van der Waals surface area contributed by atoms with Crippen molar-refractivity contribution in [2.45, 2.75) is 71.2 Å². The van der Waals surface area contributed by atoms with Gasteiger partial charge in [-0.15, -0.1) is 0 Å². The summed E-state index contributed by atoms with van der Waals surface area (Å²) in [5, 5.41) is 3.78. The van der Waals surface area contributed by atoms with Crippen LogP contribution in [0.25, 0.3) is 0 Å². The molecule has 18 heavy (non-hydrogen) atoms. The highest BCUT2D eigenvalue weighted by Gasteiger charge is 2.27. The van der Waals surface area contributed by atoms with E-state index in [1.165, 1.54) is 38.9 Å². The van der Waals surface area contributed by atoms with Crippen molar-refractivity contribution in [3.63, 3.8) is 0 Å². The molecule has 0 spiro atoms. The molecular formula is C15H30N2O. The highest BCUT2D eigenvalue weighted by Crippen LogP contribution is 2.21. The van der Waals surface area contributed by atoms with Crippen molar-refractivity contribution in [3.8, 4) is 0 Å².